The van der Waals surface area contributed by atoms with Crippen LogP contribution in [0.25, 0.3) is 0 Å². The average Bonchev–Trinajstić information content (AvgIpc) is 2.79. The second-order valence-electron chi connectivity index (χ2n) is 6.97. The van der Waals surface area contributed by atoms with Gasteiger partial charge in [-0.2, -0.15) is 11.8 Å². The van der Waals surface area contributed by atoms with E-state index in [-0.39, 0.29) is 0 Å². The van der Waals surface area contributed by atoms with E-state index in [2.05, 4.69) is 42.7 Å². The zero-order valence-electron chi connectivity index (χ0n) is 12.4. The summed E-state index contributed by atoms with van der Waals surface area (Å²) in [6, 6.07) is 0. The van der Waals surface area contributed by atoms with Crippen molar-refractivity contribution in [1.82, 2.24) is 10.2 Å². The van der Waals surface area contributed by atoms with Crippen LogP contribution in [-0.4, -0.2) is 48.6 Å². The summed E-state index contributed by atoms with van der Waals surface area (Å²) in [5.41, 5.74) is 0.497. The molecule has 0 amide bonds. The summed E-state index contributed by atoms with van der Waals surface area (Å²) in [5.74, 6) is 2.24. The topological polar surface area (TPSA) is 15.3 Å². The maximum Gasteiger partial charge on any atom is 0.00726 e. The first-order valence-corrected chi connectivity index (χ1v) is 8.65. The fourth-order valence-electron chi connectivity index (χ4n) is 3.05. The molecule has 1 N–H and O–H groups in total. The highest BCUT2D eigenvalue weighted by Crippen LogP contribution is 2.33. The Morgan fingerprint density at radius 3 is 2.50 bits per heavy atom. The molecule has 2 aliphatic rings. The summed E-state index contributed by atoms with van der Waals surface area (Å²) in [6.07, 6.45) is 4.14. The minimum atomic E-state index is 0.497. The van der Waals surface area contributed by atoms with Crippen LogP contribution >= 0.6 is 11.8 Å². The Bertz CT molecular complexity index is 243. The first-order chi connectivity index (χ1) is 8.55. The van der Waals surface area contributed by atoms with Gasteiger partial charge in [-0.25, -0.2) is 0 Å². The normalized spacial score (nSPS) is 27.8. The fourth-order valence-corrected chi connectivity index (χ4v) is 4.32. The Kier molecular flexibility index (Phi) is 5.40. The number of likely N-dealkylation sites (tertiary alicyclic amines) is 1. The van der Waals surface area contributed by atoms with Crippen molar-refractivity contribution in [1.29, 1.82) is 0 Å². The molecule has 2 heterocycles. The minimum absolute atomic E-state index is 0.497. The number of nitrogens with zero attached hydrogens (tertiary/aromatic N) is 1. The number of hydrogen-bond acceptors (Lipinski definition) is 3. The second kappa shape index (κ2) is 6.62. The largest absolute Gasteiger partial charge is 0.317 e. The third-order valence-corrected chi connectivity index (χ3v) is 5.91. The first kappa shape index (κ1) is 14.7. The molecule has 18 heavy (non-hydrogen) atoms. The minimum Gasteiger partial charge on any atom is -0.317 e. The van der Waals surface area contributed by atoms with E-state index in [0.717, 1.165) is 11.2 Å². The molecule has 2 rings (SSSR count). The molecule has 2 nitrogen and oxygen atoms in total. The van der Waals surface area contributed by atoms with Gasteiger partial charge in [-0.15, -0.1) is 0 Å². The van der Waals surface area contributed by atoms with Crippen LogP contribution in [0, 0.1) is 11.3 Å². The van der Waals surface area contributed by atoms with Crippen molar-refractivity contribution < 1.29 is 0 Å². The van der Waals surface area contributed by atoms with Gasteiger partial charge in [0.1, 0.15) is 0 Å². The SMILES string of the molecule is CC(C)(C)C1CCN(CCSC2CCNCC2)C1. The van der Waals surface area contributed by atoms with Crippen LogP contribution in [-0.2, 0) is 0 Å². The molecule has 0 spiro atoms. The first-order valence-electron chi connectivity index (χ1n) is 7.60. The van der Waals surface area contributed by atoms with Crippen LogP contribution in [0.2, 0.25) is 0 Å². The molecule has 0 radical (unpaired) electrons. The molecule has 2 fully saturated rings. The number of hydrogen-bond donors (Lipinski definition) is 1. The van der Waals surface area contributed by atoms with Gasteiger partial charge in [0.25, 0.3) is 0 Å². The average molecular weight is 270 g/mol. The lowest BCUT2D eigenvalue weighted by atomic mass is 9.80. The summed E-state index contributed by atoms with van der Waals surface area (Å²) in [7, 11) is 0. The number of nitrogens with one attached hydrogen (secondary N) is 1. The Morgan fingerprint density at radius 2 is 1.89 bits per heavy atom. The predicted molar refractivity (Wildman–Crippen MR) is 82.4 cm³/mol. The van der Waals surface area contributed by atoms with Gasteiger partial charge in [-0.1, -0.05) is 20.8 Å². The van der Waals surface area contributed by atoms with E-state index in [1.165, 1.54) is 57.7 Å². The van der Waals surface area contributed by atoms with Gasteiger partial charge in [-0.3, -0.25) is 0 Å². The number of thioether (sulfide) groups is 1. The monoisotopic (exact) mass is 270 g/mol. The highest BCUT2D eigenvalue weighted by molar-refractivity contribution is 7.99. The fraction of sp³-hybridized carbons (Fsp3) is 1.00. The zero-order chi connectivity index (χ0) is 13.0. The molecule has 1 unspecified atom stereocenters. The van der Waals surface area contributed by atoms with Gasteiger partial charge in [0.2, 0.25) is 0 Å². The Morgan fingerprint density at radius 1 is 1.17 bits per heavy atom. The highest BCUT2D eigenvalue weighted by Gasteiger charge is 2.31. The predicted octanol–water partition coefficient (Wildman–Crippen LogP) is 2.84. The Hall–Kier alpha value is 0.270. The maximum absolute atomic E-state index is 3.44. The van der Waals surface area contributed by atoms with Gasteiger partial charge in [0.15, 0.2) is 0 Å². The zero-order valence-corrected chi connectivity index (χ0v) is 13.2. The Labute approximate surface area is 117 Å². The van der Waals surface area contributed by atoms with E-state index in [4.69, 9.17) is 0 Å². The van der Waals surface area contributed by atoms with Crippen LogP contribution < -0.4 is 5.32 Å². The number of piperidine rings is 1. The van der Waals surface area contributed by atoms with E-state index in [1.807, 2.05) is 0 Å². The molecule has 0 aromatic heterocycles. The van der Waals surface area contributed by atoms with E-state index in [0.29, 0.717) is 5.41 Å². The third kappa shape index (κ3) is 4.43. The second-order valence-corrected chi connectivity index (χ2v) is 8.38. The van der Waals surface area contributed by atoms with E-state index in [9.17, 15) is 0 Å². The molecule has 3 heteroatoms. The molecule has 0 bridgehead atoms. The summed E-state index contributed by atoms with van der Waals surface area (Å²) in [6.45, 7) is 13.6. The molecule has 2 aliphatic heterocycles. The molecule has 1 atom stereocenters. The van der Waals surface area contributed by atoms with Gasteiger partial charge < -0.3 is 10.2 Å². The van der Waals surface area contributed by atoms with E-state index >= 15 is 0 Å². The van der Waals surface area contributed by atoms with E-state index in [1.54, 1.807) is 0 Å². The molecule has 0 saturated carbocycles. The highest BCUT2D eigenvalue weighted by atomic mass is 32.2. The van der Waals surface area contributed by atoms with Crippen molar-refractivity contribution in [3.63, 3.8) is 0 Å². The lowest BCUT2D eigenvalue weighted by Crippen LogP contribution is -2.31. The summed E-state index contributed by atoms with van der Waals surface area (Å²) in [4.78, 5) is 2.68. The summed E-state index contributed by atoms with van der Waals surface area (Å²) >= 11 is 2.21. The smallest absolute Gasteiger partial charge is 0.00726 e. The maximum atomic E-state index is 3.44. The van der Waals surface area contributed by atoms with Crippen LogP contribution in [0.5, 0.6) is 0 Å². The molecule has 0 aromatic carbocycles. The van der Waals surface area contributed by atoms with Crippen molar-refractivity contribution in [2.45, 2.75) is 45.3 Å². The van der Waals surface area contributed by atoms with Crippen LogP contribution in [0.15, 0.2) is 0 Å². The third-order valence-electron chi connectivity index (χ3n) is 4.54. The lowest BCUT2D eigenvalue weighted by molar-refractivity contribution is 0.233. The van der Waals surface area contributed by atoms with Crippen LogP contribution in [0.1, 0.15) is 40.0 Å². The molecule has 106 valence electrons. The molecule has 0 aliphatic carbocycles. The molecule has 2 saturated heterocycles. The van der Waals surface area contributed by atoms with Gasteiger partial charge in [-0.05, 0) is 50.2 Å². The van der Waals surface area contributed by atoms with Crippen molar-refractivity contribution in [3.8, 4) is 0 Å². The van der Waals surface area contributed by atoms with Crippen molar-refractivity contribution in [2.24, 2.45) is 11.3 Å². The van der Waals surface area contributed by atoms with Gasteiger partial charge in [0.05, 0.1) is 0 Å². The number of rotatable bonds is 4. The summed E-state index contributed by atoms with van der Waals surface area (Å²) in [5, 5.41) is 4.37. The van der Waals surface area contributed by atoms with Crippen LogP contribution in [0.3, 0.4) is 0 Å². The Balaban J connectivity index is 1.60. The lowest BCUT2D eigenvalue weighted by Gasteiger charge is -2.27. The molecular weight excluding hydrogens is 240 g/mol. The summed E-state index contributed by atoms with van der Waals surface area (Å²) < 4.78 is 0. The van der Waals surface area contributed by atoms with Crippen molar-refractivity contribution >= 4 is 11.8 Å². The van der Waals surface area contributed by atoms with Crippen LogP contribution in [0.4, 0.5) is 0 Å². The van der Waals surface area contributed by atoms with Gasteiger partial charge in [0, 0.05) is 24.1 Å². The molecular formula is C15H30N2S. The van der Waals surface area contributed by atoms with Crippen molar-refractivity contribution in [3.05, 3.63) is 0 Å². The van der Waals surface area contributed by atoms with Gasteiger partial charge >= 0.3 is 0 Å². The van der Waals surface area contributed by atoms with Crippen molar-refractivity contribution in [2.75, 3.05) is 38.5 Å². The quantitative estimate of drug-likeness (QED) is 0.846. The molecule has 0 aromatic rings. The standard InChI is InChI=1S/C15H30N2S/c1-15(2,3)13-6-9-17(12-13)10-11-18-14-4-7-16-8-5-14/h13-14,16H,4-12H2,1-3H3. The van der Waals surface area contributed by atoms with E-state index < -0.39 is 0 Å².